The van der Waals surface area contributed by atoms with Crippen molar-refractivity contribution in [1.29, 1.82) is 0 Å². The molecule has 12 heteroatoms. The predicted octanol–water partition coefficient (Wildman–Crippen LogP) is 5.88. The lowest BCUT2D eigenvalue weighted by atomic mass is 9.95. The number of nitrogens with zero attached hydrogens (tertiary/aromatic N) is 5. The average Bonchev–Trinajstić information content (AvgIpc) is 3.39. The number of allylic oxidation sites excluding steroid dienone is 1. The molecule has 0 radical (unpaired) electrons. The number of hydrogen-bond acceptors (Lipinski definition) is 7. The highest BCUT2D eigenvalue weighted by atomic mass is 19.2. The molecular weight excluding hydrogens is 603 g/mol. The molecule has 4 aliphatic rings. The molecular formula is C34H29F5N6O. The van der Waals surface area contributed by atoms with E-state index in [-0.39, 0.29) is 69.9 Å². The van der Waals surface area contributed by atoms with Gasteiger partial charge in [-0.3, -0.25) is 9.88 Å². The molecule has 3 aliphatic heterocycles. The van der Waals surface area contributed by atoms with E-state index in [0.717, 1.165) is 6.07 Å². The maximum Gasteiger partial charge on any atom is 0.319 e. The largest absolute Gasteiger partial charge is 0.461 e. The van der Waals surface area contributed by atoms with E-state index in [1.165, 1.54) is 18.3 Å². The smallest absolute Gasteiger partial charge is 0.319 e. The fourth-order valence-corrected chi connectivity index (χ4v) is 7.48. The summed E-state index contributed by atoms with van der Waals surface area (Å²) in [6.07, 6.45) is 9.54. The number of terminal acetylenes is 1. The molecule has 0 unspecified atom stereocenters. The maximum atomic E-state index is 16.9. The third-order valence-electron chi connectivity index (χ3n) is 9.67. The van der Waals surface area contributed by atoms with Crippen LogP contribution in [0.25, 0.3) is 32.9 Å². The SMILES string of the molecule is [2H]C([2H])(Oc1nc(N2CC=CC[C@@H]3[C@@H](F)[C@@H]32)c2cnc(-c3cc(N)cc4cc(F)c(F)c(C#C)c34)c(F)c2n1)[C@@]12CCCN1C[C@H](F)C2. The molecule has 8 rings (SSSR count). The number of nitrogen functional groups attached to an aromatic ring is 1. The van der Waals surface area contributed by atoms with Gasteiger partial charge < -0.3 is 15.4 Å². The molecule has 2 N–H and O–H groups in total. The molecule has 0 bridgehead atoms. The van der Waals surface area contributed by atoms with Crippen LogP contribution in [0.1, 0.15) is 34.0 Å². The molecule has 2 aromatic carbocycles. The summed E-state index contributed by atoms with van der Waals surface area (Å²) < 4.78 is 99.7. The number of aromatic nitrogens is 3. The van der Waals surface area contributed by atoms with Crippen molar-refractivity contribution in [2.75, 3.05) is 36.8 Å². The standard InChI is InChI=1S/C34H29F5N6O/c1-2-20-25-17(11-24(36)26(20)37)10-19(40)12-22(25)29-28(39)30-23(14-41-29)32(45-9-4-3-6-21-27(38)31(21)45)43-33(42-30)46-16-34-7-5-8-44(34)15-18(35)13-34/h1,3-4,10-12,14,18,21,27,31H,5-9,13,15-16,40H2/t18-,21-,27-,31-,34+/m1/s1/i16D2. The lowest BCUT2D eigenvalue weighted by molar-refractivity contribution is 0.107. The van der Waals surface area contributed by atoms with Crippen LogP contribution in [-0.2, 0) is 0 Å². The first kappa shape index (κ1) is 26.7. The van der Waals surface area contributed by atoms with Gasteiger partial charge in [0.25, 0.3) is 0 Å². The van der Waals surface area contributed by atoms with Crippen molar-refractivity contribution in [3.8, 4) is 29.6 Å². The second-order valence-electron chi connectivity index (χ2n) is 12.4. The molecule has 5 heterocycles. The topological polar surface area (TPSA) is 80.4 Å². The Bertz CT molecular complexity index is 2090. The molecule has 2 aromatic heterocycles. The van der Waals surface area contributed by atoms with Gasteiger partial charge in [0.1, 0.15) is 35.9 Å². The van der Waals surface area contributed by atoms with Crippen LogP contribution in [0.2, 0.25) is 0 Å². The number of rotatable bonds is 5. The van der Waals surface area contributed by atoms with Crippen LogP contribution in [0.4, 0.5) is 33.5 Å². The van der Waals surface area contributed by atoms with E-state index >= 15 is 8.78 Å². The quantitative estimate of drug-likeness (QED) is 0.127. The van der Waals surface area contributed by atoms with Crippen molar-refractivity contribution < 1.29 is 29.4 Å². The van der Waals surface area contributed by atoms with E-state index in [1.54, 1.807) is 9.80 Å². The van der Waals surface area contributed by atoms with Crippen molar-refractivity contribution in [2.45, 2.75) is 49.6 Å². The zero-order valence-electron chi connectivity index (χ0n) is 26.4. The first-order chi connectivity index (χ1) is 22.9. The molecule has 1 aliphatic carbocycles. The Labute approximate surface area is 264 Å². The lowest BCUT2D eigenvalue weighted by Crippen LogP contribution is -2.43. The monoisotopic (exact) mass is 634 g/mol. The lowest BCUT2D eigenvalue weighted by Gasteiger charge is -2.31. The fourth-order valence-electron chi connectivity index (χ4n) is 7.48. The van der Waals surface area contributed by atoms with Gasteiger partial charge in [-0.2, -0.15) is 9.97 Å². The summed E-state index contributed by atoms with van der Waals surface area (Å²) in [6.45, 7) is -1.70. The Balaban J connectivity index is 1.33. The minimum Gasteiger partial charge on any atom is -0.461 e. The van der Waals surface area contributed by atoms with Crippen LogP contribution in [0.5, 0.6) is 6.01 Å². The van der Waals surface area contributed by atoms with Crippen molar-refractivity contribution in [2.24, 2.45) is 5.92 Å². The number of hydrogen-bond donors (Lipinski definition) is 1. The van der Waals surface area contributed by atoms with Crippen LogP contribution < -0.4 is 15.4 Å². The minimum atomic E-state index is -2.49. The summed E-state index contributed by atoms with van der Waals surface area (Å²) in [4.78, 5) is 16.6. The summed E-state index contributed by atoms with van der Waals surface area (Å²) >= 11 is 0. The highest BCUT2D eigenvalue weighted by Gasteiger charge is 2.55. The number of ether oxygens (including phenoxy) is 1. The Morgan fingerprint density at radius 2 is 2.00 bits per heavy atom. The zero-order chi connectivity index (χ0) is 33.7. The number of alkyl halides is 2. The van der Waals surface area contributed by atoms with E-state index in [0.29, 0.717) is 25.8 Å². The maximum absolute atomic E-state index is 16.9. The molecule has 0 amide bonds. The second kappa shape index (κ2) is 10.5. The highest BCUT2D eigenvalue weighted by Crippen LogP contribution is 2.47. The van der Waals surface area contributed by atoms with Gasteiger partial charge in [0.2, 0.25) is 0 Å². The first-order valence-electron chi connectivity index (χ1n) is 16.1. The Morgan fingerprint density at radius 1 is 1.15 bits per heavy atom. The van der Waals surface area contributed by atoms with E-state index in [4.69, 9.17) is 19.6 Å². The van der Waals surface area contributed by atoms with E-state index in [2.05, 4.69) is 20.9 Å². The predicted molar refractivity (Wildman–Crippen MR) is 164 cm³/mol. The van der Waals surface area contributed by atoms with Crippen LogP contribution in [0.3, 0.4) is 0 Å². The van der Waals surface area contributed by atoms with Gasteiger partial charge >= 0.3 is 6.01 Å². The van der Waals surface area contributed by atoms with Crippen molar-refractivity contribution in [3.05, 3.63) is 59.6 Å². The van der Waals surface area contributed by atoms with Gasteiger partial charge in [-0.1, -0.05) is 18.1 Å². The van der Waals surface area contributed by atoms with E-state index in [9.17, 15) is 13.2 Å². The number of benzene rings is 2. The van der Waals surface area contributed by atoms with Gasteiger partial charge in [0.15, 0.2) is 17.5 Å². The van der Waals surface area contributed by atoms with Crippen LogP contribution in [-0.4, -0.2) is 70.0 Å². The van der Waals surface area contributed by atoms with E-state index < -0.39 is 59.5 Å². The number of halogens is 5. The Kier molecular flexibility index (Phi) is 6.10. The molecule has 4 aromatic rings. The number of nitrogens with two attached hydrogens (primary N) is 1. The summed E-state index contributed by atoms with van der Waals surface area (Å²) in [5.41, 5.74) is 3.75. The third-order valence-corrected chi connectivity index (χ3v) is 9.67. The normalized spacial score (nSPS) is 28.0. The zero-order valence-corrected chi connectivity index (χ0v) is 24.4. The fraction of sp³-hybridized carbons (Fsp3) is 0.382. The van der Waals surface area contributed by atoms with Crippen LogP contribution >= 0.6 is 0 Å². The summed E-state index contributed by atoms with van der Waals surface area (Å²) in [6, 6.07) is 2.50. The first-order valence-corrected chi connectivity index (χ1v) is 15.1. The molecule has 0 spiro atoms. The number of anilines is 2. The van der Waals surface area contributed by atoms with Gasteiger partial charge in [0, 0.05) is 48.3 Å². The highest BCUT2D eigenvalue weighted by molar-refractivity contribution is 6.04. The van der Waals surface area contributed by atoms with E-state index in [1.807, 2.05) is 12.2 Å². The molecule has 5 atom stereocenters. The van der Waals surface area contributed by atoms with Gasteiger partial charge in [0.05, 0.1) is 25.3 Å². The van der Waals surface area contributed by atoms with Crippen LogP contribution in [0.15, 0.2) is 36.5 Å². The number of pyridine rings is 1. The third kappa shape index (κ3) is 4.39. The van der Waals surface area contributed by atoms with Crippen LogP contribution in [0, 0.1) is 35.7 Å². The number of fused-ring (bicyclic) bond motifs is 4. The molecule has 3 fully saturated rings. The summed E-state index contributed by atoms with van der Waals surface area (Å²) in [5, 5.41) is 0.205. The van der Waals surface area contributed by atoms with Gasteiger partial charge in [-0.15, -0.1) is 6.42 Å². The van der Waals surface area contributed by atoms with Crippen molar-refractivity contribution in [3.63, 3.8) is 0 Å². The van der Waals surface area contributed by atoms with Gasteiger partial charge in [-0.05, 0) is 49.4 Å². The molecule has 1 saturated carbocycles. The second-order valence-corrected chi connectivity index (χ2v) is 12.4. The molecule has 236 valence electrons. The molecule has 2 saturated heterocycles. The van der Waals surface area contributed by atoms with Crippen molar-refractivity contribution >= 4 is 33.2 Å². The van der Waals surface area contributed by atoms with Gasteiger partial charge in [-0.25, -0.2) is 22.0 Å². The Hall–Kier alpha value is -4.50. The minimum absolute atomic E-state index is 0.000352. The molecule has 7 nitrogen and oxygen atoms in total. The average molecular weight is 635 g/mol. The molecule has 46 heavy (non-hydrogen) atoms. The Morgan fingerprint density at radius 3 is 2.83 bits per heavy atom. The van der Waals surface area contributed by atoms with Crippen molar-refractivity contribution in [1.82, 2.24) is 19.9 Å². The summed E-state index contributed by atoms with van der Waals surface area (Å²) in [5.74, 6) is -1.62. The summed E-state index contributed by atoms with van der Waals surface area (Å²) in [7, 11) is 0.